The van der Waals surface area contributed by atoms with E-state index in [9.17, 15) is 0 Å². The van der Waals surface area contributed by atoms with Crippen LogP contribution in [0.25, 0.3) is 0 Å². The van der Waals surface area contributed by atoms with Crippen LogP contribution in [0.3, 0.4) is 0 Å². The molecule has 1 aliphatic heterocycles. The van der Waals surface area contributed by atoms with E-state index in [4.69, 9.17) is 28.9 Å². The normalized spacial score (nSPS) is 18.3. The van der Waals surface area contributed by atoms with E-state index in [1.54, 1.807) is 6.07 Å². The lowest BCUT2D eigenvalue weighted by Crippen LogP contribution is -2.35. The van der Waals surface area contributed by atoms with E-state index in [1.807, 2.05) is 19.1 Å². The number of benzene rings is 1. The molecule has 23 heavy (non-hydrogen) atoms. The van der Waals surface area contributed by atoms with Crippen molar-refractivity contribution in [2.45, 2.75) is 25.8 Å². The monoisotopic (exact) mass is 470 g/mol. The Morgan fingerprint density at radius 2 is 2.04 bits per heavy atom. The van der Waals surface area contributed by atoms with E-state index >= 15 is 0 Å². The predicted molar refractivity (Wildman–Crippen MR) is 110 cm³/mol. The molecule has 1 saturated heterocycles. The van der Waals surface area contributed by atoms with Crippen molar-refractivity contribution in [3.63, 3.8) is 0 Å². The number of piperidine rings is 1. The van der Waals surface area contributed by atoms with Gasteiger partial charge in [-0.15, -0.1) is 24.0 Å². The van der Waals surface area contributed by atoms with Crippen LogP contribution in [0.1, 0.15) is 31.4 Å². The fourth-order valence-corrected chi connectivity index (χ4v) is 3.24. The van der Waals surface area contributed by atoms with E-state index in [0.717, 1.165) is 25.2 Å². The van der Waals surface area contributed by atoms with Gasteiger partial charge in [0.25, 0.3) is 0 Å². The number of nitrogens with two attached hydrogens (primary N) is 1. The first-order valence-electron chi connectivity index (χ1n) is 7.65. The van der Waals surface area contributed by atoms with Gasteiger partial charge in [0, 0.05) is 16.6 Å². The third kappa shape index (κ3) is 6.64. The van der Waals surface area contributed by atoms with E-state index in [-0.39, 0.29) is 30.0 Å². The number of rotatable bonds is 4. The predicted octanol–water partition coefficient (Wildman–Crippen LogP) is 3.92. The summed E-state index contributed by atoms with van der Waals surface area (Å²) in [7, 11) is 2.16. The van der Waals surface area contributed by atoms with Gasteiger partial charge < -0.3 is 16.0 Å². The van der Waals surface area contributed by atoms with Crippen molar-refractivity contribution in [1.82, 2.24) is 10.2 Å². The molecule has 130 valence electrons. The molecule has 1 aromatic rings. The van der Waals surface area contributed by atoms with Crippen molar-refractivity contribution in [3.8, 4) is 0 Å². The van der Waals surface area contributed by atoms with Gasteiger partial charge in [-0.25, -0.2) is 0 Å². The molecular formula is C16H25Cl2IN4. The molecule has 1 heterocycles. The fourth-order valence-electron chi connectivity index (χ4n) is 2.67. The maximum absolute atomic E-state index is 6.21. The molecule has 1 aliphatic rings. The molecule has 0 aliphatic carbocycles. The second-order valence-electron chi connectivity index (χ2n) is 6.00. The summed E-state index contributed by atoms with van der Waals surface area (Å²) in [5, 5.41) is 4.46. The Morgan fingerprint density at radius 1 is 1.39 bits per heavy atom. The molecule has 1 aromatic carbocycles. The lowest BCUT2D eigenvalue weighted by Gasteiger charge is -2.28. The number of guanidine groups is 1. The van der Waals surface area contributed by atoms with Crippen molar-refractivity contribution in [3.05, 3.63) is 33.8 Å². The SMILES string of the molecule is CC(NC(N)=NCC1CCN(C)CC1)c1ccc(Cl)cc1Cl.I. The Hall–Kier alpha value is -0.240. The first-order chi connectivity index (χ1) is 10.5. The van der Waals surface area contributed by atoms with E-state index in [0.29, 0.717) is 21.9 Å². The molecule has 4 nitrogen and oxygen atoms in total. The van der Waals surface area contributed by atoms with Crippen LogP contribution in [-0.4, -0.2) is 37.5 Å². The highest BCUT2D eigenvalue weighted by Gasteiger charge is 2.16. The Labute approximate surface area is 165 Å². The smallest absolute Gasteiger partial charge is 0.189 e. The number of nitrogens with one attached hydrogen (secondary N) is 1. The zero-order valence-electron chi connectivity index (χ0n) is 13.6. The molecule has 0 spiro atoms. The van der Waals surface area contributed by atoms with Gasteiger partial charge in [0.2, 0.25) is 0 Å². The molecule has 0 aromatic heterocycles. The van der Waals surface area contributed by atoms with Gasteiger partial charge in [-0.3, -0.25) is 4.99 Å². The summed E-state index contributed by atoms with van der Waals surface area (Å²) in [5.74, 6) is 1.10. The Morgan fingerprint density at radius 3 is 2.65 bits per heavy atom. The average molecular weight is 471 g/mol. The van der Waals surface area contributed by atoms with Crippen LogP contribution < -0.4 is 11.1 Å². The molecule has 2 rings (SSSR count). The summed E-state index contributed by atoms with van der Waals surface area (Å²) in [6.45, 7) is 5.08. The van der Waals surface area contributed by atoms with Crippen LogP contribution in [0, 0.1) is 5.92 Å². The first kappa shape index (κ1) is 20.8. The largest absolute Gasteiger partial charge is 0.370 e. The molecule has 7 heteroatoms. The van der Waals surface area contributed by atoms with Crippen LogP contribution in [0.15, 0.2) is 23.2 Å². The van der Waals surface area contributed by atoms with Crippen molar-refractivity contribution in [1.29, 1.82) is 0 Å². The zero-order chi connectivity index (χ0) is 16.1. The molecular weight excluding hydrogens is 446 g/mol. The third-order valence-electron chi connectivity index (χ3n) is 4.15. The van der Waals surface area contributed by atoms with Crippen molar-refractivity contribution >= 4 is 53.1 Å². The van der Waals surface area contributed by atoms with Gasteiger partial charge in [-0.05, 0) is 63.5 Å². The second kappa shape index (κ2) is 9.91. The molecule has 0 radical (unpaired) electrons. The first-order valence-corrected chi connectivity index (χ1v) is 8.41. The highest BCUT2D eigenvalue weighted by atomic mass is 127. The van der Waals surface area contributed by atoms with E-state index in [2.05, 4.69) is 22.3 Å². The summed E-state index contributed by atoms with van der Waals surface area (Å²) in [6.07, 6.45) is 2.37. The van der Waals surface area contributed by atoms with Gasteiger partial charge in [0.05, 0.1) is 6.04 Å². The summed E-state index contributed by atoms with van der Waals surface area (Å²) in [5.41, 5.74) is 6.96. The van der Waals surface area contributed by atoms with Gasteiger partial charge in [-0.1, -0.05) is 29.3 Å². The minimum Gasteiger partial charge on any atom is -0.370 e. The zero-order valence-corrected chi connectivity index (χ0v) is 17.4. The van der Waals surface area contributed by atoms with Gasteiger partial charge in [0.1, 0.15) is 0 Å². The van der Waals surface area contributed by atoms with Crippen LogP contribution in [0.5, 0.6) is 0 Å². The molecule has 0 amide bonds. The molecule has 3 N–H and O–H groups in total. The van der Waals surface area contributed by atoms with E-state index < -0.39 is 0 Å². The van der Waals surface area contributed by atoms with Crippen LogP contribution >= 0.6 is 47.2 Å². The van der Waals surface area contributed by atoms with Gasteiger partial charge in [-0.2, -0.15) is 0 Å². The standard InChI is InChI=1S/C16H24Cl2N4.HI/c1-11(14-4-3-13(17)9-15(14)18)21-16(19)20-10-12-5-7-22(2)8-6-12;/h3-4,9,11-12H,5-8,10H2,1-2H3,(H3,19,20,21);1H. The molecule has 0 saturated carbocycles. The minimum absolute atomic E-state index is 0. The quantitative estimate of drug-likeness (QED) is 0.398. The number of nitrogens with zero attached hydrogens (tertiary/aromatic N) is 2. The van der Waals surface area contributed by atoms with Gasteiger partial charge >= 0.3 is 0 Å². The van der Waals surface area contributed by atoms with Crippen molar-refractivity contribution < 1.29 is 0 Å². The topological polar surface area (TPSA) is 53.6 Å². The van der Waals surface area contributed by atoms with Crippen LogP contribution in [0.2, 0.25) is 10.0 Å². The number of hydrogen-bond acceptors (Lipinski definition) is 2. The Balaban J connectivity index is 0.00000264. The summed E-state index contributed by atoms with van der Waals surface area (Å²) in [4.78, 5) is 6.83. The van der Waals surface area contributed by atoms with Gasteiger partial charge in [0.15, 0.2) is 5.96 Å². The number of likely N-dealkylation sites (tertiary alicyclic amines) is 1. The maximum atomic E-state index is 6.21. The highest BCUT2D eigenvalue weighted by molar-refractivity contribution is 14.0. The number of hydrogen-bond donors (Lipinski definition) is 2. The lowest BCUT2D eigenvalue weighted by molar-refractivity contribution is 0.223. The third-order valence-corrected chi connectivity index (χ3v) is 4.71. The second-order valence-corrected chi connectivity index (χ2v) is 6.85. The van der Waals surface area contributed by atoms with Crippen LogP contribution in [-0.2, 0) is 0 Å². The van der Waals surface area contributed by atoms with Crippen molar-refractivity contribution in [2.24, 2.45) is 16.6 Å². The molecule has 1 fully saturated rings. The molecule has 0 bridgehead atoms. The summed E-state index contributed by atoms with van der Waals surface area (Å²) < 4.78 is 0. The highest BCUT2D eigenvalue weighted by Crippen LogP contribution is 2.26. The van der Waals surface area contributed by atoms with E-state index in [1.165, 1.54) is 12.8 Å². The lowest BCUT2D eigenvalue weighted by atomic mass is 9.97. The summed E-state index contributed by atoms with van der Waals surface area (Å²) >= 11 is 12.1. The van der Waals surface area contributed by atoms with Crippen molar-refractivity contribution in [2.75, 3.05) is 26.7 Å². The fraction of sp³-hybridized carbons (Fsp3) is 0.562. The van der Waals surface area contributed by atoms with Crippen LogP contribution in [0.4, 0.5) is 0 Å². The number of aliphatic imine (C=N–C) groups is 1. The Bertz CT molecular complexity index is 531. The summed E-state index contributed by atoms with van der Waals surface area (Å²) in [6, 6.07) is 5.47. The molecule has 1 atom stereocenters. The maximum Gasteiger partial charge on any atom is 0.189 e. The number of halogens is 3. The molecule has 1 unspecified atom stereocenters. The minimum atomic E-state index is -0.00833. The average Bonchev–Trinajstić information content (AvgIpc) is 2.46. The Kier molecular flexibility index (Phi) is 8.97.